The van der Waals surface area contributed by atoms with Gasteiger partial charge in [-0.15, -0.1) is 11.3 Å². The zero-order valence-electron chi connectivity index (χ0n) is 14.4. The number of ketones is 1. The Hall–Kier alpha value is -3.13. The first-order chi connectivity index (χ1) is 13.3. The number of rotatable bonds is 6. The van der Waals surface area contributed by atoms with Crippen LogP contribution in [0.5, 0.6) is 0 Å². The van der Waals surface area contributed by atoms with Crippen molar-refractivity contribution in [2.24, 2.45) is 0 Å². The molecule has 28 heavy (non-hydrogen) atoms. The molecule has 2 aromatic carbocycles. The fourth-order valence-corrected chi connectivity index (χ4v) is 3.13. The van der Waals surface area contributed by atoms with Crippen molar-refractivity contribution in [3.05, 3.63) is 88.1 Å². The first-order valence-corrected chi connectivity index (χ1v) is 9.10. The third-order valence-electron chi connectivity index (χ3n) is 3.84. The average Bonchev–Trinajstić information content (AvgIpc) is 3.22. The summed E-state index contributed by atoms with van der Waals surface area (Å²) in [5.41, 5.74) is -0.470. The molecule has 0 bridgehead atoms. The second-order valence-electron chi connectivity index (χ2n) is 5.84. The van der Waals surface area contributed by atoms with Crippen LogP contribution in [0.25, 0.3) is 0 Å². The van der Waals surface area contributed by atoms with E-state index in [9.17, 15) is 22.8 Å². The van der Waals surface area contributed by atoms with Gasteiger partial charge in [0.15, 0.2) is 6.17 Å². The summed E-state index contributed by atoms with van der Waals surface area (Å²) in [4.78, 5) is 25.6. The largest absolute Gasteiger partial charge is 0.416 e. The van der Waals surface area contributed by atoms with Crippen LogP contribution in [-0.4, -0.2) is 17.9 Å². The van der Waals surface area contributed by atoms with Crippen molar-refractivity contribution < 1.29 is 22.8 Å². The third-order valence-corrected chi connectivity index (χ3v) is 4.71. The normalized spacial score (nSPS) is 12.2. The quantitative estimate of drug-likeness (QED) is 0.458. The maximum absolute atomic E-state index is 13.0. The summed E-state index contributed by atoms with van der Waals surface area (Å²) < 4.78 is 38.9. The summed E-state index contributed by atoms with van der Waals surface area (Å²) >= 11 is 1.19. The van der Waals surface area contributed by atoms with E-state index in [1.807, 2.05) is 0 Å². The van der Waals surface area contributed by atoms with Crippen LogP contribution in [-0.2, 0) is 6.18 Å². The number of carbonyl (C=O) groups is 2. The van der Waals surface area contributed by atoms with Crippen LogP contribution in [0.2, 0.25) is 0 Å². The number of benzene rings is 2. The molecule has 8 heteroatoms. The van der Waals surface area contributed by atoms with Gasteiger partial charge in [0.25, 0.3) is 5.91 Å². The van der Waals surface area contributed by atoms with E-state index in [4.69, 9.17) is 0 Å². The molecule has 0 aliphatic carbocycles. The number of hydrogen-bond acceptors (Lipinski definition) is 4. The maximum Gasteiger partial charge on any atom is 0.416 e. The second kappa shape index (κ2) is 8.26. The lowest BCUT2D eigenvalue weighted by Gasteiger charge is -2.21. The molecular weight excluding hydrogens is 389 g/mol. The highest BCUT2D eigenvalue weighted by Gasteiger charge is 2.31. The number of hydrogen-bond donors (Lipinski definition) is 2. The Morgan fingerprint density at radius 3 is 2.32 bits per heavy atom. The van der Waals surface area contributed by atoms with Crippen LogP contribution in [0.1, 0.15) is 25.6 Å². The topological polar surface area (TPSA) is 58.2 Å². The predicted octanol–water partition coefficient (Wildman–Crippen LogP) is 4.82. The molecule has 0 saturated carbocycles. The van der Waals surface area contributed by atoms with E-state index in [0.29, 0.717) is 10.4 Å². The van der Waals surface area contributed by atoms with Gasteiger partial charge in [0.2, 0.25) is 5.78 Å². The first-order valence-electron chi connectivity index (χ1n) is 8.22. The van der Waals surface area contributed by atoms with Crippen molar-refractivity contribution in [2.45, 2.75) is 12.3 Å². The Morgan fingerprint density at radius 1 is 0.929 bits per heavy atom. The SMILES string of the molecule is O=C(NC(Nc1cccc(C(F)(F)F)c1)C(=O)c1ccccc1)c1cccs1. The van der Waals surface area contributed by atoms with Crippen molar-refractivity contribution in [3.63, 3.8) is 0 Å². The molecule has 1 atom stereocenters. The van der Waals surface area contributed by atoms with Gasteiger partial charge in [0.05, 0.1) is 10.4 Å². The minimum Gasteiger partial charge on any atom is -0.359 e. The summed E-state index contributed by atoms with van der Waals surface area (Å²) in [5.74, 6) is -0.966. The smallest absolute Gasteiger partial charge is 0.359 e. The number of anilines is 1. The number of amides is 1. The van der Waals surface area contributed by atoms with Gasteiger partial charge in [0.1, 0.15) is 0 Å². The van der Waals surface area contributed by atoms with Gasteiger partial charge in [-0.05, 0) is 29.6 Å². The standard InChI is InChI=1S/C20H15F3N2O2S/c21-20(22,23)14-8-4-9-15(12-14)24-18(17(26)13-6-2-1-3-7-13)25-19(27)16-10-5-11-28-16/h1-12,18,24H,(H,25,27). The molecular formula is C20H15F3N2O2S. The molecule has 1 heterocycles. The van der Waals surface area contributed by atoms with Gasteiger partial charge in [0, 0.05) is 11.3 Å². The van der Waals surface area contributed by atoms with Gasteiger partial charge in [-0.25, -0.2) is 0 Å². The zero-order valence-corrected chi connectivity index (χ0v) is 15.2. The van der Waals surface area contributed by atoms with E-state index < -0.39 is 29.6 Å². The molecule has 1 aromatic heterocycles. The molecule has 1 unspecified atom stereocenters. The fraction of sp³-hybridized carbons (Fsp3) is 0.100. The molecule has 0 spiro atoms. The second-order valence-corrected chi connectivity index (χ2v) is 6.78. The van der Waals surface area contributed by atoms with Crippen LogP contribution in [0, 0.1) is 0 Å². The minimum absolute atomic E-state index is 0.0654. The highest BCUT2D eigenvalue weighted by Crippen LogP contribution is 2.30. The molecule has 0 radical (unpaired) electrons. The van der Waals surface area contributed by atoms with Crippen molar-refractivity contribution >= 4 is 28.7 Å². The number of carbonyl (C=O) groups excluding carboxylic acids is 2. The first kappa shape index (κ1) is 19.6. The average molecular weight is 404 g/mol. The molecule has 4 nitrogen and oxygen atoms in total. The molecule has 1 amide bonds. The summed E-state index contributed by atoms with van der Waals surface area (Å²) in [6, 6.07) is 15.9. The Kier molecular flexibility index (Phi) is 5.79. The summed E-state index contributed by atoms with van der Waals surface area (Å²) in [6.07, 6.45) is -5.75. The van der Waals surface area contributed by atoms with E-state index in [-0.39, 0.29) is 5.69 Å². The van der Waals surface area contributed by atoms with E-state index in [1.165, 1.54) is 23.5 Å². The third kappa shape index (κ3) is 4.77. The van der Waals surface area contributed by atoms with Crippen molar-refractivity contribution in [3.8, 4) is 0 Å². The van der Waals surface area contributed by atoms with Gasteiger partial charge < -0.3 is 10.6 Å². The Labute approximate surface area is 163 Å². The number of thiophene rings is 1. The molecule has 0 aliphatic rings. The Bertz CT molecular complexity index is 957. The molecule has 2 N–H and O–H groups in total. The fourth-order valence-electron chi connectivity index (χ4n) is 2.50. The van der Waals surface area contributed by atoms with Gasteiger partial charge in [-0.3, -0.25) is 9.59 Å². The number of alkyl halides is 3. The van der Waals surface area contributed by atoms with Crippen molar-refractivity contribution in [1.29, 1.82) is 0 Å². The van der Waals surface area contributed by atoms with E-state index >= 15 is 0 Å². The molecule has 144 valence electrons. The van der Waals surface area contributed by atoms with Crippen LogP contribution < -0.4 is 10.6 Å². The highest BCUT2D eigenvalue weighted by atomic mass is 32.1. The van der Waals surface area contributed by atoms with Crippen molar-refractivity contribution in [1.82, 2.24) is 5.32 Å². The number of Topliss-reactive ketones (excluding diaryl/α,β-unsaturated/α-hetero) is 1. The minimum atomic E-state index is -4.52. The van der Waals surface area contributed by atoms with Crippen LogP contribution >= 0.6 is 11.3 Å². The van der Waals surface area contributed by atoms with Gasteiger partial charge in [-0.2, -0.15) is 13.2 Å². The summed E-state index contributed by atoms with van der Waals surface area (Å²) in [7, 11) is 0. The highest BCUT2D eigenvalue weighted by molar-refractivity contribution is 7.12. The van der Waals surface area contributed by atoms with Crippen molar-refractivity contribution in [2.75, 3.05) is 5.32 Å². The molecule has 0 fully saturated rings. The van der Waals surface area contributed by atoms with E-state index in [2.05, 4.69) is 10.6 Å². The molecule has 3 rings (SSSR count). The Balaban J connectivity index is 1.88. The monoisotopic (exact) mass is 404 g/mol. The van der Waals surface area contributed by atoms with Crippen LogP contribution in [0.4, 0.5) is 18.9 Å². The maximum atomic E-state index is 13.0. The molecule has 0 saturated heterocycles. The zero-order chi connectivity index (χ0) is 20.1. The van der Waals surface area contributed by atoms with E-state index in [0.717, 1.165) is 12.1 Å². The lowest BCUT2D eigenvalue weighted by Crippen LogP contribution is -2.46. The lowest BCUT2D eigenvalue weighted by atomic mass is 10.1. The lowest BCUT2D eigenvalue weighted by molar-refractivity contribution is -0.137. The van der Waals surface area contributed by atoms with Crippen LogP contribution in [0.3, 0.4) is 0 Å². The predicted molar refractivity (Wildman–Crippen MR) is 101 cm³/mol. The van der Waals surface area contributed by atoms with Crippen LogP contribution in [0.15, 0.2) is 72.1 Å². The van der Waals surface area contributed by atoms with Gasteiger partial charge in [-0.1, -0.05) is 42.5 Å². The van der Waals surface area contributed by atoms with Gasteiger partial charge >= 0.3 is 6.18 Å². The molecule has 3 aromatic rings. The summed E-state index contributed by atoms with van der Waals surface area (Å²) in [5, 5.41) is 6.97. The Morgan fingerprint density at radius 2 is 1.68 bits per heavy atom. The number of halogens is 3. The van der Waals surface area contributed by atoms with E-state index in [1.54, 1.807) is 47.8 Å². The number of nitrogens with one attached hydrogen (secondary N) is 2. The molecule has 0 aliphatic heterocycles. The summed E-state index contributed by atoms with van der Waals surface area (Å²) in [6.45, 7) is 0.